The van der Waals surface area contributed by atoms with Gasteiger partial charge in [-0.15, -0.1) is 6.58 Å². The van der Waals surface area contributed by atoms with Gasteiger partial charge in [0, 0.05) is 11.8 Å². The van der Waals surface area contributed by atoms with E-state index in [-0.39, 0.29) is 5.92 Å². The van der Waals surface area contributed by atoms with Crippen LogP contribution in [0.1, 0.15) is 46.0 Å². The van der Waals surface area contributed by atoms with Crippen molar-refractivity contribution in [3.8, 4) is 0 Å². The van der Waals surface area contributed by atoms with Crippen LogP contribution in [-0.2, 0) is 14.3 Å². The molecule has 2 N–H and O–H groups in total. The highest BCUT2D eigenvalue weighted by Crippen LogP contribution is 2.74. The lowest BCUT2D eigenvalue weighted by Gasteiger charge is -2.46. The summed E-state index contributed by atoms with van der Waals surface area (Å²) in [6.45, 7) is 7.67. The van der Waals surface area contributed by atoms with Gasteiger partial charge in [-0.05, 0) is 50.4 Å². The van der Waals surface area contributed by atoms with Gasteiger partial charge < -0.3 is 14.9 Å². The fourth-order valence-corrected chi connectivity index (χ4v) is 6.96. The van der Waals surface area contributed by atoms with Crippen LogP contribution in [0.15, 0.2) is 12.7 Å². The second-order valence-corrected chi connectivity index (χ2v) is 8.81. The number of hydrogen-bond acceptors (Lipinski definition) is 4. The zero-order valence-electron chi connectivity index (χ0n) is 14.3. The van der Waals surface area contributed by atoms with Crippen molar-refractivity contribution < 1.29 is 24.5 Å². The first-order valence-corrected chi connectivity index (χ1v) is 8.98. The molecule has 0 aromatic heterocycles. The lowest BCUT2D eigenvalue weighted by molar-refractivity contribution is -0.162. The van der Waals surface area contributed by atoms with Gasteiger partial charge in [0.05, 0.1) is 17.4 Å². The van der Waals surface area contributed by atoms with Crippen molar-refractivity contribution in [1.82, 2.24) is 0 Å². The zero-order valence-corrected chi connectivity index (χ0v) is 14.3. The number of aliphatic hydroxyl groups excluding tert-OH is 1. The standard InChI is InChI=1S/C19H26O5/c1-4-10-5-6-11-17(2,9-10)13(15(21)22)14-18(3)12(20)7-8-19(11,14)24-16(18)23/h4,10-14,20H,1,5-9H2,2-3H3,(H,21,22). The van der Waals surface area contributed by atoms with Crippen LogP contribution < -0.4 is 0 Å². The van der Waals surface area contributed by atoms with E-state index in [1.807, 2.05) is 6.08 Å². The summed E-state index contributed by atoms with van der Waals surface area (Å²) in [5, 5.41) is 20.7. The number of rotatable bonds is 2. The largest absolute Gasteiger partial charge is 0.481 e. The van der Waals surface area contributed by atoms with Crippen LogP contribution in [0.2, 0.25) is 0 Å². The van der Waals surface area contributed by atoms with Crippen LogP contribution in [0.5, 0.6) is 0 Å². The van der Waals surface area contributed by atoms with E-state index in [9.17, 15) is 19.8 Å². The number of fused-ring (bicyclic) bond motifs is 1. The predicted molar refractivity (Wildman–Crippen MR) is 85.9 cm³/mol. The van der Waals surface area contributed by atoms with Crippen LogP contribution in [-0.4, -0.2) is 33.9 Å². The molecule has 8 atom stereocenters. The molecular formula is C19H26O5. The first-order chi connectivity index (χ1) is 11.2. The lowest BCUT2D eigenvalue weighted by atomic mass is 9.59. The van der Waals surface area contributed by atoms with Crippen LogP contribution in [0.25, 0.3) is 0 Å². The van der Waals surface area contributed by atoms with Crippen LogP contribution in [0, 0.1) is 34.5 Å². The lowest BCUT2D eigenvalue weighted by Crippen LogP contribution is -2.53. The molecule has 5 heteroatoms. The molecule has 3 saturated carbocycles. The number of carbonyl (C=O) groups excluding carboxylic acids is 1. The summed E-state index contributed by atoms with van der Waals surface area (Å²) in [5.74, 6) is -2.04. The minimum atomic E-state index is -1.11. The van der Waals surface area contributed by atoms with Gasteiger partial charge in [0.25, 0.3) is 0 Å². The molecule has 4 rings (SSSR count). The molecule has 1 saturated heterocycles. The van der Waals surface area contributed by atoms with Gasteiger partial charge >= 0.3 is 11.9 Å². The van der Waals surface area contributed by atoms with E-state index in [2.05, 4.69) is 13.5 Å². The van der Waals surface area contributed by atoms with Gasteiger partial charge in [0.1, 0.15) is 5.60 Å². The number of aliphatic hydroxyl groups is 1. The smallest absolute Gasteiger partial charge is 0.315 e. The Bertz CT molecular complexity index is 629. The average Bonchev–Trinajstić information content (AvgIpc) is 2.84. The average molecular weight is 334 g/mol. The van der Waals surface area contributed by atoms with Crippen LogP contribution >= 0.6 is 0 Å². The number of aliphatic carboxylic acids is 1. The fourth-order valence-electron chi connectivity index (χ4n) is 6.96. The van der Waals surface area contributed by atoms with Gasteiger partial charge in [0.2, 0.25) is 0 Å². The van der Waals surface area contributed by atoms with Crippen molar-refractivity contribution in [3.05, 3.63) is 12.7 Å². The summed E-state index contributed by atoms with van der Waals surface area (Å²) in [5.41, 5.74) is -2.25. The number of carboxylic acids is 1. The molecule has 8 unspecified atom stereocenters. The molecule has 4 aliphatic rings. The van der Waals surface area contributed by atoms with Crippen molar-refractivity contribution in [3.63, 3.8) is 0 Å². The van der Waals surface area contributed by atoms with Crippen molar-refractivity contribution in [2.45, 2.75) is 57.7 Å². The zero-order chi connectivity index (χ0) is 17.5. The van der Waals surface area contributed by atoms with Crippen molar-refractivity contribution in [2.24, 2.45) is 34.5 Å². The Morgan fingerprint density at radius 1 is 1.33 bits per heavy atom. The van der Waals surface area contributed by atoms with E-state index in [4.69, 9.17) is 4.74 Å². The van der Waals surface area contributed by atoms with Crippen molar-refractivity contribution in [2.75, 3.05) is 0 Å². The molecule has 4 fully saturated rings. The molecule has 0 aromatic rings. The highest BCUT2D eigenvalue weighted by molar-refractivity contribution is 5.85. The molecule has 0 aromatic carbocycles. The molecular weight excluding hydrogens is 308 g/mol. The third kappa shape index (κ3) is 1.55. The first-order valence-electron chi connectivity index (χ1n) is 8.98. The van der Waals surface area contributed by atoms with Crippen LogP contribution in [0.4, 0.5) is 0 Å². The quantitative estimate of drug-likeness (QED) is 0.598. The van der Waals surface area contributed by atoms with Crippen LogP contribution in [0.3, 0.4) is 0 Å². The van der Waals surface area contributed by atoms with Gasteiger partial charge in [-0.1, -0.05) is 13.0 Å². The Labute approximate surface area is 142 Å². The maximum absolute atomic E-state index is 12.7. The number of carbonyl (C=O) groups is 2. The second-order valence-electron chi connectivity index (χ2n) is 8.81. The summed E-state index contributed by atoms with van der Waals surface area (Å²) >= 11 is 0. The molecule has 0 radical (unpaired) electrons. The maximum atomic E-state index is 12.7. The third-order valence-corrected chi connectivity index (χ3v) is 7.95. The first kappa shape index (κ1) is 16.1. The van der Waals surface area contributed by atoms with Gasteiger partial charge in [-0.25, -0.2) is 0 Å². The summed E-state index contributed by atoms with van der Waals surface area (Å²) < 4.78 is 5.97. The third-order valence-electron chi connectivity index (χ3n) is 7.95. The van der Waals surface area contributed by atoms with Gasteiger partial charge in [-0.2, -0.15) is 0 Å². The molecule has 3 aliphatic carbocycles. The number of carboxylic acid groups (broad SMARTS) is 1. The number of esters is 1. The Hall–Kier alpha value is -1.36. The molecule has 24 heavy (non-hydrogen) atoms. The molecule has 1 heterocycles. The Kier molecular flexibility index (Phi) is 3.11. The monoisotopic (exact) mass is 334 g/mol. The number of ether oxygens (including phenoxy) is 1. The number of hydrogen-bond donors (Lipinski definition) is 2. The van der Waals surface area contributed by atoms with E-state index in [0.29, 0.717) is 18.8 Å². The number of allylic oxidation sites excluding steroid dienone is 1. The minimum absolute atomic E-state index is 0.0468. The predicted octanol–water partition coefficient (Wildman–Crippen LogP) is 2.38. The van der Waals surface area contributed by atoms with E-state index < -0.39 is 46.3 Å². The summed E-state index contributed by atoms with van der Waals surface area (Å²) in [6.07, 6.45) is 4.76. The van der Waals surface area contributed by atoms with E-state index >= 15 is 0 Å². The van der Waals surface area contributed by atoms with Crippen molar-refractivity contribution >= 4 is 11.9 Å². The Morgan fingerprint density at radius 2 is 2.04 bits per heavy atom. The molecule has 1 aliphatic heterocycles. The molecule has 132 valence electrons. The molecule has 5 nitrogen and oxygen atoms in total. The van der Waals surface area contributed by atoms with Gasteiger partial charge in [-0.3, -0.25) is 9.59 Å². The van der Waals surface area contributed by atoms with E-state index in [1.54, 1.807) is 6.92 Å². The van der Waals surface area contributed by atoms with E-state index in [1.165, 1.54) is 0 Å². The normalized spacial score (nSPS) is 55.5. The summed E-state index contributed by atoms with van der Waals surface area (Å²) in [6, 6.07) is 0. The minimum Gasteiger partial charge on any atom is -0.481 e. The molecule has 0 amide bonds. The highest BCUT2D eigenvalue weighted by Gasteiger charge is 2.81. The van der Waals surface area contributed by atoms with Crippen molar-refractivity contribution in [1.29, 1.82) is 0 Å². The maximum Gasteiger partial charge on any atom is 0.315 e. The highest BCUT2D eigenvalue weighted by atomic mass is 16.6. The van der Waals surface area contributed by atoms with E-state index in [0.717, 1.165) is 19.3 Å². The molecule has 0 spiro atoms. The fraction of sp³-hybridized carbons (Fsp3) is 0.789. The van der Waals surface area contributed by atoms with Gasteiger partial charge in [0.15, 0.2) is 0 Å². The second kappa shape index (κ2) is 4.63. The summed E-state index contributed by atoms with van der Waals surface area (Å²) in [7, 11) is 0. The topological polar surface area (TPSA) is 83.8 Å². The molecule has 2 bridgehead atoms. The summed E-state index contributed by atoms with van der Waals surface area (Å²) in [4.78, 5) is 25.0. The Morgan fingerprint density at radius 3 is 2.67 bits per heavy atom. The Balaban J connectivity index is 1.90. The SMILES string of the molecule is C=CC1CCC2C(C)(C1)C(C(=O)O)C1C23CCC(O)C1(C)C(=O)O3.